The van der Waals surface area contributed by atoms with Gasteiger partial charge in [0.25, 0.3) is 0 Å². The molecule has 3 heterocycles. The highest BCUT2D eigenvalue weighted by atomic mass is 16.5. The standard InChI is InChI=1S/C13H15N7O2/c1-7-3-8(2)20-13(17-7)9(5-16-20)12-18-11(22-19-12)6-15-10(21)4-14/h3,5H,4,6,14H2,1-2H3,(H,15,21). The van der Waals surface area contributed by atoms with Crippen LogP contribution >= 0.6 is 0 Å². The molecule has 0 spiro atoms. The number of nitrogens with zero attached hydrogens (tertiary/aromatic N) is 5. The Balaban J connectivity index is 1.92. The first-order valence-corrected chi connectivity index (χ1v) is 6.70. The molecule has 1 amide bonds. The number of amides is 1. The molecule has 3 aromatic rings. The van der Waals surface area contributed by atoms with Crippen LogP contribution in [-0.4, -0.2) is 37.2 Å². The van der Waals surface area contributed by atoms with E-state index in [1.165, 1.54) is 0 Å². The number of rotatable bonds is 4. The lowest BCUT2D eigenvalue weighted by atomic mass is 10.3. The van der Waals surface area contributed by atoms with Crippen LogP contribution in [-0.2, 0) is 11.3 Å². The summed E-state index contributed by atoms with van der Waals surface area (Å²) in [6.07, 6.45) is 1.64. The van der Waals surface area contributed by atoms with Crippen molar-refractivity contribution in [1.82, 2.24) is 30.1 Å². The quantitative estimate of drug-likeness (QED) is 0.693. The van der Waals surface area contributed by atoms with Crippen molar-refractivity contribution in [2.75, 3.05) is 6.54 Å². The third-order valence-corrected chi connectivity index (χ3v) is 3.11. The van der Waals surface area contributed by atoms with Gasteiger partial charge in [0.05, 0.1) is 24.8 Å². The molecule has 114 valence electrons. The largest absolute Gasteiger partial charge is 0.346 e. The van der Waals surface area contributed by atoms with Crippen LogP contribution in [0.25, 0.3) is 17.0 Å². The molecule has 3 rings (SSSR count). The second kappa shape index (κ2) is 5.53. The molecule has 0 aliphatic carbocycles. The maximum Gasteiger partial charge on any atom is 0.246 e. The van der Waals surface area contributed by atoms with E-state index in [1.54, 1.807) is 10.7 Å². The first kappa shape index (κ1) is 14.1. The minimum atomic E-state index is -0.288. The third kappa shape index (κ3) is 2.53. The van der Waals surface area contributed by atoms with Gasteiger partial charge in [0.2, 0.25) is 17.6 Å². The minimum absolute atomic E-state index is 0.0858. The van der Waals surface area contributed by atoms with Gasteiger partial charge < -0.3 is 15.6 Å². The fourth-order valence-corrected chi connectivity index (χ4v) is 2.11. The zero-order chi connectivity index (χ0) is 15.7. The fourth-order valence-electron chi connectivity index (χ4n) is 2.11. The molecule has 0 aliphatic heterocycles. The Morgan fingerprint density at radius 2 is 2.23 bits per heavy atom. The molecule has 0 fully saturated rings. The van der Waals surface area contributed by atoms with E-state index < -0.39 is 0 Å². The number of fused-ring (bicyclic) bond motifs is 1. The average Bonchev–Trinajstić information content (AvgIpc) is 3.10. The van der Waals surface area contributed by atoms with Crippen molar-refractivity contribution in [2.24, 2.45) is 5.73 Å². The van der Waals surface area contributed by atoms with Crippen LogP contribution in [0.1, 0.15) is 17.3 Å². The van der Waals surface area contributed by atoms with E-state index in [9.17, 15) is 4.79 Å². The van der Waals surface area contributed by atoms with Gasteiger partial charge in [-0.3, -0.25) is 4.79 Å². The normalized spacial score (nSPS) is 11.0. The molecule has 3 aromatic heterocycles. The van der Waals surface area contributed by atoms with Gasteiger partial charge in [-0.2, -0.15) is 10.1 Å². The fraction of sp³-hybridized carbons (Fsp3) is 0.308. The Morgan fingerprint density at radius 3 is 3.00 bits per heavy atom. The number of hydrogen-bond acceptors (Lipinski definition) is 7. The average molecular weight is 301 g/mol. The molecular formula is C13H15N7O2. The van der Waals surface area contributed by atoms with E-state index in [0.29, 0.717) is 22.9 Å². The first-order valence-electron chi connectivity index (χ1n) is 6.70. The van der Waals surface area contributed by atoms with Crippen molar-refractivity contribution in [2.45, 2.75) is 20.4 Å². The van der Waals surface area contributed by atoms with E-state index >= 15 is 0 Å². The summed E-state index contributed by atoms with van der Waals surface area (Å²) in [5, 5.41) is 10.8. The van der Waals surface area contributed by atoms with E-state index in [2.05, 4.69) is 25.5 Å². The molecule has 0 atom stereocenters. The molecule has 9 heteroatoms. The number of aromatic nitrogens is 5. The second-order valence-electron chi connectivity index (χ2n) is 4.83. The van der Waals surface area contributed by atoms with Crippen molar-refractivity contribution in [3.05, 3.63) is 29.5 Å². The lowest BCUT2D eigenvalue weighted by Gasteiger charge is -2.00. The van der Waals surface area contributed by atoms with Gasteiger partial charge in [-0.15, -0.1) is 0 Å². The molecule has 0 radical (unpaired) electrons. The van der Waals surface area contributed by atoms with Crippen molar-refractivity contribution >= 4 is 11.6 Å². The van der Waals surface area contributed by atoms with Gasteiger partial charge in [-0.05, 0) is 19.9 Å². The summed E-state index contributed by atoms with van der Waals surface area (Å²) < 4.78 is 6.83. The van der Waals surface area contributed by atoms with Crippen molar-refractivity contribution in [1.29, 1.82) is 0 Å². The van der Waals surface area contributed by atoms with Crippen LogP contribution in [0.4, 0.5) is 0 Å². The van der Waals surface area contributed by atoms with E-state index in [0.717, 1.165) is 11.4 Å². The Bertz CT molecular complexity index is 836. The third-order valence-electron chi connectivity index (χ3n) is 3.11. The predicted molar refractivity (Wildman–Crippen MR) is 76.7 cm³/mol. The SMILES string of the molecule is Cc1cc(C)n2ncc(-c3noc(CNC(=O)CN)n3)c2n1. The number of aryl methyl sites for hydroxylation is 2. The summed E-state index contributed by atoms with van der Waals surface area (Å²) in [7, 11) is 0. The predicted octanol–water partition coefficient (Wildman–Crippen LogP) is -0.0290. The summed E-state index contributed by atoms with van der Waals surface area (Å²) in [4.78, 5) is 19.8. The Morgan fingerprint density at radius 1 is 1.41 bits per heavy atom. The van der Waals surface area contributed by atoms with Gasteiger partial charge in [0.15, 0.2) is 5.65 Å². The van der Waals surface area contributed by atoms with E-state index in [1.807, 2.05) is 19.9 Å². The molecule has 9 nitrogen and oxygen atoms in total. The molecule has 3 N–H and O–H groups in total. The van der Waals surface area contributed by atoms with Gasteiger partial charge in [0, 0.05) is 11.4 Å². The van der Waals surface area contributed by atoms with Crippen molar-refractivity contribution in [3.63, 3.8) is 0 Å². The summed E-state index contributed by atoms with van der Waals surface area (Å²) in [5.74, 6) is 0.383. The zero-order valence-electron chi connectivity index (χ0n) is 12.2. The maximum atomic E-state index is 11.1. The minimum Gasteiger partial charge on any atom is -0.346 e. The molecule has 0 bridgehead atoms. The molecule has 0 aliphatic rings. The summed E-state index contributed by atoms with van der Waals surface area (Å²) in [6.45, 7) is 3.90. The highest BCUT2D eigenvalue weighted by Crippen LogP contribution is 2.21. The summed E-state index contributed by atoms with van der Waals surface area (Å²) in [6, 6.07) is 1.94. The number of hydrogen-bond donors (Lipinski definition) is 2. The topological polar surface area (TPSA) is 124 Å². The Kier molecular flexibility index (Phi) is 3.55. The molecule has 0 saturated heterocycles. The molecular weight excluding hydrogens is 286 g/mol. The van der Waals surface area contributed by atoms with E-state index in [-0.39, 0.29) is 19.0 Å². The molecule has 0 unspecified atom stereocenters. The zero-order valence-corrected chi connectivity index (χ0v) is 12.2. The lowest BCUT2D eigenvalue weighted by Crippen LogP contribution is -2.29. The monoisotopic (exact) mass is 301 g/mol. The van der Waals surface area contributed by atoms with Crippen molar-refractivity contribution in [3.8, 4) is 11.4 Å². The summed E-state index contributed by atoms with van der Waals surface area (Å²) >= 11 is 0. The van der Waals surface area contributed by atoms with Crippen LogP contribution in [0.15, 0.2) is 16.8 Å². The van der Waals surface area contributed by atoms with Crippen LogP contribution in [0, 0.1) is 13.8 Å². The first-order chi connectivity index (χ1) is 10.6. The van der Waals surface area contributed by atoms with Gasteiger partial charge in [-0.25, -0.2) is 9.50 Å². The van der Waals surface area contributed by atoms with Gasteiger partial charge >= 0.3 is 0 Å². The number of carbonyl (C=O) groups is 1. The number of carbonyl (C=O) groups excluding carboxylic acids is 1. The Hall–Kier alpha value is -2.81. The van der Waals surface area contributed by atoms with Crippen molar-refractivity contribution < 1.29 is 9.32 Å². The molecule has 0 saturated carbocycles. The summed E-state index contributed by atoms with van der Waals surface area (Å²) in [5.41, 5.74) is 8.39. The number of nitrogens with one attached hydrogen (secondary N) is 1. The van der Waals surface area contributed by atoms with Crippen LogP contribution < -0.4 is 11.1 Å². The maximum absolute atomic E-state index is 11.1. The number of nitrogens with two attached hydrogens (primary N) is 1. The lowest BCUT2D eigenvalue weighted by molar-refractivity contribution is -0.120. The highest BCUT2D eigenvalue weighted by Gasteiger charge is 2.16. The molecule has 22 heavy (non-hydrogen) atoms. The highest BCUT2D eigenvalue weighted by molar-refractivity contribution is 5.77. The Labute approximate surface area is 125 Å². The van der Waals surface area contributed by atoms with Crippen LogP contribution in [0.5, 0.6) is 0 Å². The van der Waals surface area contributed by atoms with E-state index in [4.69, 9.17) is 10.3 Å². The van der Waals surface area contributed by atoms with Gasteiger partial charge in [-0.1, -0.05) is 5.16 Å². The smallest absolute Gasteiger partial charge is 0.246 e. The van der Waals surface area contributed by atoms with Crippen LogP contribution in [0.2, 0.25) is 0 Å². The van der Waals surface area contributed by atoms with Crippen LogP contribution in [0.3, 0.4) is 0 Å². The molecule has 0 aromatic carbocycles. The van der Waals surface area contributed by atoms with Gasteiger partial charge in [0.1, 0.15) is 0 Å². The second-order valence-corrected chi connectivity index (χ2v) is 4.83.